The number of carbonyl (C=O) groups excluding carboxylic acids is 1. The summed E-state index contributed by atoms with van der Waals surface area (Å²) in [7, 11) is 0. The molecule has 2 aliphatic rings. The third kappa shape index (κ3) is 2.40. The van der Waals surface area contributed by atoms with E-state index in [0.717, 1.165) is 21.8 Å². The summed E-state index contributed by atoms with van der Waals surface area (Å²) in [4.78, 5) is 24.2. The van der Waals surface area contributed by atoms with Crippen LogP contribution in [0.15, 0.2) is 6.07 Å². The Hall–Kier alpha value is -1.66. The average Bonchev–Trinajstić information content (AvgIpc) is 3.21. The van der Waals surface area contributed by atoms with Gasteiger partial charge in [0.1, 0.15) is 5.15 Å². The quantitative estimate of drug-likeness (QED) is 0.861. The predicted octanol–water partition coefficient (Wildman–Crippen LogP) is 3.50. The topological polar surface area (TPSA) is 72.1 Å². The van der Waals surface area contributed by atoms with Crippen molar-refractivity contribution in [3.8, 4) is 10.6 Å². The van der Waals surface area contributed by atoms with Crippen molar-refractivity contribution < 1.29 is 4.79 Å². The van der Waals surface area contributed by atoms with Gasteiger partial charge in [-0.2, -0.15) is 0 Å². The zero-order valence-electron chi connectivity index (χ0n) is 13.0. The minimum Gasteiger partial charge on any atom is -0.375 e. The molecule has 5 nitrogen and oxygen atoms in total. The summed E-state index contributed by atoms with van der Waals surface area (Å²) < 4.78 is 0. The summed E-state index contributed by atoms with van der Waals surface area (Å²) in [5.74, 6) is 0.631. The Labute approximate surface area is 143 Å². The molecule has 0 bridgehead atoms. The van der Waals surface area contributed by atoms with E-state index in [4.69, 9.17) is 17.3 Å². The maximum Gasteiger partial charge on any atom is 0.257 e. The fraction of sp³-hybridized carbons (Fsp3) is 0.438. The van der Waals surface area contributed by atoms with Crippen LogP contribution in [0.4, 0.5) is 5.13 Å². The molecule has 120 valence electrons. The van der Waals surface area contributed by atoms with Crippen LogP contribution in [0.25, 0.3) is 10.6 Å². The number of aryl methyl sites for hydroxylation is 1. The van der Waals surface area contributed by atoms with Crippen LogP contribution < -0.4 is 5.73 Å². The Morgan fingerprint density at radius 1 is 1.43 bits per heavy atom. The number of pyridine rings is 1. The van der Waals surface area contributed by atoms with Gasteiger partial charge < -0.3 is 10.6 Å². The molecule has 1 aliphatic carbocycles. The number of thiazole rings is 1. The van der Waals surface area contributed by atoms with Crippen LogP contribution in [0, 0.1) is 12.8 Å². The molecule has 1 saturated carbocycles. The molecule has 3 heterocycles. The number of halogens is 1. The van der Waals surface area contributed by atoms with Gasteiger partial charge in [-0.3, -0.25) is 4.79 Å². The minimum absolute atomic E-state index is 0.00369. The molecule has 23 heavy (non-hydrogen) atoms. The molecule has 0 radical (unpaired) electrons. The lowest BCUT2D eigenvalue weighted by Crippen LogP contribution is -2.34. The number of amides is 1. The number of nitrogens with two attached hydrogens (primary N) is 1. The molecular formula is C16H17ClN4OS. The summed E-state index contributed by atoms with van der Waals surface area (Å²) in [6.45, 7) is 4.63. The van der Waals surface area contributed by atoms with Crippen LogP contribution in [0.3, 0.4) is 0 Å². The largest absolute Gasteiger partial charge is 0.375 e. The Bertz CT molecular complexity index is 815. The maximum absolute atomic E-state index is 12.7. The highest BCUT2D eigenvalue weighted by Gasteiger charge is 2.40. The molecule has 2 aromatic rings. The van der Waals surface area contributed by atoms with E-state index in [9.17, 15) is 4.79 Å². The first kappa shape index (κ1) is 14.9. The SMILES string of the molecule is Cc1nc(N)sc1-c1cc2c(c(Cl)n1)C(=O)N(C(C)C1CC1)C2. The van der Waals surface area contributed by atoms with E-state index in [1.807, 2.05) is 17.9 Å². The second kappa shape index (κ2) is 5.18. The Balaban J connectivity index is 1.74. The molecule has 1 fully saturated rings. The van der Waals surface area contributed by atoms with Crippen LogP contribution in [-0.4, -0.2) is 26.8 Å². The predicted molar refractivity (Wildman–Crippen MR) is 91.6 cm³/mol. The number of aromatic nitrogens is 2. The van der Waals surface area contributed by atoms with Crippen molar-refractivity contribution in [3.63, 3.8) is 0 Å². The number of fused-ring (bicyclic) bond motifs is 1. The van der Waals surface area contributed by atoms with Gasteiger partial charge in [0.05, 0.1) is 21.8 Å². The first-order chi connectivity index (χ1) is 11.0. The lowest BCUT2D eigenvalue weighted by molar-refractivity contribution is 0.0697. The third-order valence-corrected chi connectivity index (χ3v) is 6.00. The highest BCUT2D eigenvalue weighted by Crippen LogP contribution is 2.40. The van der Waals surface area contributed by atoms with E-state index in [0.29, 0.717) is 23.2 Å². The highest BCUT2D eigenvalue weighted by molar-refractivity contribution is 7.18. The molecule has 0 aromatic carbocycles. The molecule has 1 aliphatic heterocycles. The summed E-state index contributed by atoms with van der Waals surface area (Å²) in [6.07, 6.45) is 2.41. The fourth-order valence-corrected chi connectivity index (χ4v) is 4.33. The molecule has 1 unspecified atom stereocenters. The molecule has 1 atom stereocenters. The van der Waals surface area contributed by atoms with Crippen LogP contribution >= 0.6 is 22.9 Å². The maximum atomic E-state index is 12.7. The smallest absolute Gasteiger partial charge is 0.257 e. The van der Waals surface area contributed by atoms with E-state index < -0.39 is 0 Å². The molecule has 2 N–H and O–H groups in total. The summed E-state index contributed by atoms with van der Waals surface area (Å²) >= 11 is 7.73. The number of hydrogen-bond donors (Lipinski definition) is 1. The van der Waals surface area contributed by atoms with Crippen LogP contribution in [0.5, 0.6) is 0 Å². The standard InChI is InChI=1S/C16H17ClN4OS/c1-7-13(23-16(18)19-7)11-5-10-6-21(8(2)9-3-4-9)15(22)12(10)14(17)20-11/h5,8-9H,3-4,6H2,1-2H3,(H2,18,19). The average molecular weight is 349 g/mol. The molecule has 4 rings (SSSR count). The summed E-state index contributed by atoms with van der Waals surface area (Å²) in [6, 6.07) is 2.22. The zero-order chi connectivity index (χ0) is 16.3. The van der Waals surface area contributed by atoms with Gasteiger partial charge in [-0.25, -0.2) is 9.97 Å². The fourth-order valence-electron chi connectivity index (χ4n) is 3.25. The molecular weight excluding hydrogens is 332 g/mol. The normalized spacial score (nSPS) is 18.4. The van der Waals surface area contributed by atoms with Crippen molar-refractivity contribution in [1.82, 2.24) is 14.9 Å². The van der Waals surface area contributed by atoms with Crippen molar-refractivity contribution in [2.45, 2.75) is 39.3 Å². The lowest BCUT2D eigenvalue weighted by Gasteiger charge is -2.23. The van der Waals surface area contributed by atoms with Gasteiger partial charge in [-0.15, -0.1) is 0 Å². The molecule has 0 saturated heterocycles. The van der Waals surface area contributed by atoms with Gasteiger partial charge in [-0.1, -0.05) is 22.9 Å². The van der Waals surface area contributed by atoms with E-state index in [1.54, 1.807) is 0 Å². The van der Waals surface area contributed by atoms with Gasteiger partial charge in [-0.05, 0) is 44.2 Å². The Morgan fingerprint density at radius 2 is 2.17 bits per heavy atom. The van der Waals surface area contributed by atoms with Crippen molar-refractivity contribution >= 4 is 34.0 Å². The number of anilines is 1. The van der Waals surface area contributed by atoms with E-state index >= 15 is 0 Å². The molecule has 2 aromatic heterocycles. The van der Waals surface area contributed by atoms with Gasteiger partial charge in [0.25, 0.3) is 5.91 Å². The van der Waals surface area contributed by atoms with Gasteiger partial charge in [0.15, 0.2) is 5.13 Å². The van der Waals surface area contributed by atoms with Gasteiger partial charge in [0, 0.05) is 12.6 Å². The Kier molecular flexibility index (Phi) is 3.35. The summed E-state index contributed by atoms with van der Waals surface area (Å²) in [5, 5.41) is 0.787. The molecule has 7 heteroatoms. The van der Waals surface area contributed by atoms with E-state index in [1.165, 1.54) is 24.2 Å². The summed E-state index contributed by atoms with van der Waals surface area (Å²) in [5.41, 5.74) is 8.86. The van der Waals surface area contributed by atoms with Crippen molar-refractivity contribution in [2.24, 2.45) is 5.92 Å². The van der Waals surface area contributed by atoms with E-state index in [2.05, 4.69) is 16.9 Å². The second-order valence-corrected chi connectivity index (χ2v) is 7.70. The van der Waals surface area contributed by atoms with Crippen molar-refractivity contribution in [2.75, 3.05) is 5.73 Å². The van der Waals surface area contributed by atoms with Crippen molar-refractivity contribution in [3.05, 3.63) is 28.0 Å². The third-order valence-electron chi connectivity index (χ3n) is 4.71. The molecule has 1 amide bonds. The highest BCUT2D eigenvalue weighted by atomic mass is 35.5. The lowest BCUT2D eigenvalue weighted by atomic mass is 10.1. The monoisotopic (exact) mass is 348 g/mol. The van der Waals surface area contributed by atoms with Crippen LogP contribution in [0.1, 0.15) is 41.4 Å². The van der Waals surface area contributed by atoms with Gasteiger partial charge in [0.2, 0.25) is 0 Å². The van der Waals surface area contributed by atoms with E-state index in [-0.39, 0.29) is 17.1 Å². The number of nitrogen functional groups attached to an aromatic ring is 1. The Morgan fingerprint density at radius 3 is 2.78 bits per heavy atom. The minimum atomic E-state index is 0.00369. The number of hydrogen-bond acceptors (Lipinski definition) is 5. The van der Waals surface area contributed by atoms with Crippen molar-refractivity contribution in [1.29, 1.82) is 0 Å². The zero-order valence-corrected chi connectivity index (χ0v) is 14.5. The second-order valence-electron chi connectivity index (χ2n) is 6.31. The van der Waals surface area contributed by atoms with Crippen LogP contribution in [0.2, 0.25) is 5.15 Å². The first-order valence-electron chi connectivity index (χ1n) is 7.69. The van der Waals surface area contributed by atoms with Crippen LogP contribution in [-0.2, 0) is 6.54 Å². The van der Waals surface area contributed by atoms with Gasteiger partial charge >= 0.3 is 0 Å². The molecule has 0 spiro atoms. The number of nitrogens with zero attached hydrogens (tertiary/aromatic N) is 3. The number of rotatable bonds is 3. The number of carbonyl (C=O) groups is 1. The first-order valence-corrected chi connectivity index (χ1v) is 8.89.